The molecule has 0 aromatic heterocycles. The fourth-order valence-electron chi connectivity index (χ4n) is 0.781. The lowest BCUT2D eigenvalue weighted by atomic mass is 10.0. The third-order valence-corrected chi connectivity index (χ3v) is 1.26. The molecule has 0 spiro atoms. The highest BCUT2D eigenvalue weighted by atomic mass is 19.3. The fraction of sp³-hybridized carbons (Fsp3) is 0.667. The average Bonchev–Trinajstić information content (AvgIpc) is 2.10. The van der Waals surface area contributed by atoms with Crippen LogP contribution < -0.4 is 0 Å². The zero-order valence-corrected chi connectivity index (χ0v) is 5.86. The Balaban J connectivity index is 2.81. The minimum absolute atomic E-state index is 0.176. The Morgan fingerprint density at radius 3 is 2.30 bits per heavy atom. The summed E-state index contributed by atoms with van der Waals surface area (Å²) in [4.78, 5) is 0. The molecule has 0 radical (unpaired) electrons. The van der Waals surface area contributed by atoms with Crippen LogP contribution in [0.1, 0.15) is 20.3 Å². The molecule has 0 aromatic rings. The second kappa shape index (κ2) is 2.11. The van der Waals surface area contributed by atoms with Crippen LogP contribution in [0.15, 0.2) is 22.0 Å². The smallest absolute Gasteiger partial charge is 0.182 e. The van der Waals surface area contributed by atoms with Gasteiger partial charge in [0.15, 0.2) is 0 Å². The zero-order valence-electron chi connectivity index (χ0n) is 5.86. The maximum Gasteiger partial charge on any atom is 0.293 e. The van der Waals surface area contributed by atoms with Gasteiger partial charge in [0.2, 0.25) is 0 Å². The molecule has 1 rings (SSSR count). The number of hydrogen-bond donors (Lipinski definition) is 0. The first-order chi connectivity index (χ1) is 4.51. The van der Waals surface area contributed by atoms with Crippen LogP contribution in [0, 0.1) is 0 Å². The lowest BCUT2D eigenvalue weighted by Crippen LogP contribution is -2.11. The van der Waals surface area contributed by atoms with Crippen molar-refractivity contribution in [2.45, 2.75) is 25.8 Å². The lowest BCUT2D eigenvalue weighted by Gasteiger charge is -2.07. The molecule has 0 aliphatic carbocycles. The van der Waals surface area contributed by atoms with Gasteiger partial charge in [0.25, 0.3) is 6.08 Å². The minimum Gasteiger partial charge on any atom is -0.182 e. The summed E-state index contributed by atoms with van der Waals surface area (Å²) in [7, 11) is 0. The number of halogens is 2. The quantitative estimate of drug-likeness (QED) is 0.502. The molecule has 2 nitrogen and oxygen atoms in total. The molecule has 0 unspecified atom stereocenters. The van der Waals surface area contributed by atoms with Crippen molar-refractivity contribution in [1.29, 1.82) is 0 Å². The van der Waals surface area contributed by atoms with Crippen LogP contribution in [-0.2, 0) is 0 Å². The summed E-state index contributed by atoms with van der Waals surface area (Å²) in [5.41, 5.74) is -0.608. The molecule has 0 amide bonds. The van der Waals surface area contributed by atoms with Crippen LogP contribution in [0.5, 0.6) is 0 Å². The van der Waals surface area contributed by atoms with E-state index in [4.69, 9.17) is 0 Å². The number of azo groups is 1. The maximum absolute atomic E-state index is 11.8. The SMILES string of the molecule is CC1(C)CC(=C(F)F)N=N1. The first-order valence-electron chi connectivity index (χ1n) is 2.98. The van der Waals surface area contributed by atoms with E-state index in [2.05, 4.69) is 10.2 Å². The van der Waals surface area contributed by atoms with Crippen molar-refractivity contribution < 1.29 is 8.78 Å². The molecule has 1 aliphatic rings. The Morgan fingerprint density at radius 2 is 2.10 bits per heavy atom. The van der Waals surface area contributed by atoms with Crippen molar-refractivity contribution in [3.8, 4) is 0 Å². The molecule has 0 fully saturated rings. The molecule has 0 saturated heterocycles. The molecule has 0 atom stereocenters. The monoisotopic (exact) mass is 146 g/mol. The van der Waals surface area contributed by atoms with Crippen LogP contribution >= 0.6 is 0 Å². The Kier molecular flexibility index (Phi) is 1.54. The van der Waals surface area contributed by atoms with Crippen LogP contribution in [0.25, 0.3) is 0 Å². The summed E-state index contributed by atoms with van der Waals surface area (Å²) in [6, 6.07) is 0. The lowest BCUT2D eigenvalue weighted by molar-refractivity contribution is 0.404. The van der Waals surface area contributed by atoms with Gasteiger partial charge >= 0.3 is 0 Å². The second-order valence-electron chi connectivity index (χ2n) is 2.90. The minimum atomic E-state index is -1.71. The van der Waals surface area contributed by atoms with Crippen molar-refractivity contribution in [3.63, 3.8) is 0 Å². The van der Waals surface area contributed by atoms with E-state index in [1.165, 1.54) is 0 Å². The van der Waals surface area contributed by atoms with Crippen LogP contribution in [0.4, 0.5) is 8.78 Å². The molecule has 0 bridgehead atoms. The van der Waals surface area contributed by atoms with Gasteiger partial charge in [-0.1, -0.05) is 0 Å². The van der Waals surface area contributed by atoms with E-state index in [1.54, 1.807) is 13.8 Å². The third-order valence-electron chi connectivity index (χ3n) is 1.26. The van der Waals surface area contributed by atoms with Crippen molar-refractivity contribution in [2.24, 2.45) is 10.2 Å². The molecule has 0 N–H and O–H groups in total. The molecule has 4 heteroatoms. The van der Waals surface area contributed by atoms with Crippen molar-refractivity contribution in [1.82, 2.24) is 0 Å². The van der Waals surface area contributed by atoms with Crippen LogP contribution in [0.2, 0.25) is 0 Å². The first-order valence-corrected chi connectivity index (χ1v) is 2.98. The van der Waals surface area contributed by atoms with Gasteiger partial charge in [-0.3, -0.25) is 0 Å². The van der Waals surface area contributed by atoms with E-state index >= 15 is 0 Å². The Bertz CT molecular complexity index is 202. The molecule has 1 heterocycles. The second-order valence-corrected chi connectivity index (χ2v) is 2.90. The van der Waals surface area contributed by atoms with E-state index in [-0.39, 0.29) is 12.1 Å². The van der Waals surface area contributed by atoms with Gasteiger partial charge in [-0.05, 0) is 13.8 Å². The number of rotatable bonds is 0. The Labute approximate surface area is 57.6 Å². The maximum atomic E-state index is 11.8. The first kappa shape index (κ1) is 7.31. The average molecular weight is 146 g/mol. The standard InChI is InChI=1S/C6H8F2N2/c1-6(2)3-4(5(7)8)9-10-6/h3H2,1-2H3. The van der Waals surface area contributed by atoms with E-state index < -0.39 is 11.6 Å². The number of nitrogens with zero attached hydrogens (tertiary/aromatic N) is 2. The highest BCUT2D eigenvalue weighted by molar-refractivity contribution is 5.09. The predicted molar refractivity (Wildman–Crippen MR) is 32.8 cm³/mol. The molecule has 0 saturated carbocycles. The summed E-state index contributed by atoms with van der Waals surface area (Å²) in [5.74, 6) is 0. The number of hydrogen-bond acceptors (Lipinski definition) is 2. The molecule has 56 valence electrons. The van der Waals surface area contributed by atoms with Gasteiger partial charge in [0.05, 0.1) is 5.54 Å². The van der Waals surface area contributed by atoms with E-state index in [1.807, 2.05) is 0 Å². The highest BCUT2D eigenvalue weighted by Crippen LogP contribution is 2.31. The zero-order chi connectivity index (χ0) is 7.78. The molecular weight excluding hydrogens is 138 g/mol. The fourth-order valence-corrected chi connectivity index (χ4v) is 0.781. The Morgan fingerprint density at radius 1 is 1.50 bits per heavy atom. The van der Waals surface area contributed by atoms with Crippen molar-refractivity contribution >= 4 is 0 Å². The van der Waals surface area contributed by atoms with Crippen LogP contribution in [0.3, 0.4) is 0 Å². The Hall–Kier alpha value is -0.800. The molecule has 10 heavy (non-hydrogen) atoms. The summed E-state index contributed by atoms with van der Waals surface area (Å²) in [5, 5.41) is 7.00. The van der Waals surface area contributed by atoms with Gasteiger partial charge < -0.3 is 0 Å². The summed E-state index contributed by atoms with van der Waals surface area (Å²) >= 11 is 0. The van der Waals surface area contributed by atoms with E-state index in [0.29, 0.717) is 0 Å². The summed E-state index contributed by atoms with van der Waals surface area (Å²) in [6.45, 7) is 3.54. The normalized spacial score (nSPS) is 21.8. The van der Waals surface area contributed by atoms with Crippen molar-refractivity contribution in [2.75, 3.05) is 0 Å². The third kappa shape index (κ3) is 1.37. The van der Waals surface area contributed by atoms with E-state index in [0.717, 1.165) is 0 Å². The van der Waals surface area contributed by atoms with Gasteiger partial charge in [-0.2, -0.15) is 19.0 Å². The van der Waals surface area contributed by atoms with Crippen LogP contribution in [-0.4, -0.2) is 5.54 Å². The summed E-state index contributed by atoms with van der Waals surface area (Å²) < 4.78 is 23.6. The van der Waals surface area contributed by atoms with Crippen molar-refractivity contribution in [3.05, 3.63) is 11.8 Å². The van der Waals surface area contributed by atoms with Gasteiger partial charge in [0, 0.05) is 6.42 Å². The highest BCUT2D eigenvalue weighted by Gasteiger charge is 2.27. The van der Waals surface area contributed by atoms with E-state index in [9.17, 15) is 8.78 Å². The molecule has 1 aliphatic heterocycles. The van der Waals surface area contributed by atoms with Gasteiger partial charge in [-0.15, -0.1) is 0 Å². The molecule has 0 aromatic carbocycles. The van der Waals surface area contributed by atoms with Gasteiger partial charge in [0.1, 0.15) is 5.70 Å². The summed E-state index contributed by atoms with van der Waals surface area (Å²) in [6.07, 6.45) is -1.47. The van der Waals surface area contributed by atoms with Gasteiger partial charge in [-0.25, -0.2) is 0 Å². The predicted octanol–water partition coefficient (Wildman–Crippen LogP) is 2.73. The topological polar surface area (TPSA) is 24.7 Å². The largest absolute Gasteiger partial charge is 0.293 e. The molecular formula is C6H8F2N2.